The number of ketones is 1. The molecule has 0 amide bonds. The molecule has 0 aliphatic carbocycles. The Morgan fingerprint density at radius 2 is 1.86 bits per heavy atom. The second-order valence-electron chi connectivity index (χ2n) is 4.85. The van der Waals surface area contributed by atoms with E-state index in [-0.39, 0.29) is 5.78 Å². The number of hydrogen-bond acceptors (Lipinski definition) is 3. The first-order valence-corrected chi connectivity index (χ1v) is 7.05. The van der Waals surface area contributed by atoms with Crippen molar-refractivity contribution < 1.29 is 14.3 Å². The molecule has 2 aromatic rings. The van der Waals surface area contributed by atoms with Crippen molar-refractivity contribution in [3.8, 4) is 11.5 Å². The van der Waals surface area contributed by atoms with E-state index < -0.39 is 0 Å². The number of rotatable bonds is 6. The largest absolute Gasteiger partial charge is 0.497 e. The molecule has 0 spiro atoms. The van der Waals surface area contributed by atoms with Crippen LogP contribution in [0.5, 0.6) is 11.5 Å². The summed E-state index contributed by atoms with van der Waals surface area (Å²) in [7, 11) is 3.14. The molecule has 0 saturated carbocycles. The van der Waals surface area contributed by atoms with E-state index in [1.807, 2.05) is 24.3 Å². The topological polar surface area (TPSA) is 35.5 Å². The predicted octanol–water partition coefficient (Wildman–Crippen LogP) is 3.89. The Labute approximate surface area is 125 Å². The number of ether oxygens (including phenoxy) is 2. The minimum atomic E-state index is -0.0348. The summed E-state index contributed by atoms with van der Waals surface area (Å²) in [5, 5.41) is 0. The average Bonchev–Trinajstić information content (AvgIpc) is 2.54. The van der Waals surface area contributed by atoms with E-state index in [1.54, 1.807) is 32.4 Å². The molecule has 0 radical (unpaired) electrons. The molecule has 3 heteroatoms. The van der Waals surface area contributed by atoms with E-state index in [0.29, 0.717) is 22.6 Å². The van der Waals surface area contributed by atoms with Crippen molar-refractivity contribution >= 4 is 5.78 Å². The zero-order valence-corrected chi connectivity index (χ0v) is 12.7. The molecule has 0 aliphatic heterocycles. The third-order valence-electron chi connectivity index (χ3n) is 3.38. The van der Waals surface area contributed by atoms with Gasteiger partial charge >= 0.3 is 0 Å². The van der Waals surface area contributed by atoms with Gasteiger partial charge in [0.25, 0.3) is 0 Å². The predicted molar refractivity (Wildman–Crippen MR) is 83.4 cm³/mol. The van der Waals surface area contributed by atoms with Gasteiger partial charge in [-0.3, -0.25) is 4.79 Å². The third-order valence-corrected chi connectivity index (χ3v) is 3.38. The smallest absolute Gasteiger partial charge is 0.196 e. The molecule has 0 unspecified atom stereocenters. The SMILES string of the molecule is CCCc1cccc(C(=O)c2ccc(OC)cc2OC)c1. The highest BCUT2D eigenvalue weighted by Gasteiger charge is 2.15. The molecule has 0 atom stereocenters. The quantitative estimate of drug-likeness (QED) is 0.755. The highest BCUT2D eigenvalue weighted by atomic mass is 16.5. The summed E-state index contributed by atoms with van der Waals surface area (Å²) >= 11 is 0. The minimum absolute atomic E-state index is 0.0348. The maximum atomic E-state index is 12.7. The van der Waals surface area contributed by atoms with Crippen molar-refractivity contribution in [2.75, 3.05) is 14.2 Å². The van der Waals surface area contributed by atoms with Crippen LogP contribution in [0.2, 0.25) is 0 Å². The van der Waals surface area contributed by atoms with Gasteiger partial charge in [0.15, 0.2) is 5.78 Å². The molecule has 3 nitrogen and oxygen atoms in total. The first-order chi connectivity index (χ1) is 10.2. The maximum absolute atomic E-state index is 12.7. The van der Waals surface area contributed by atoms with Crippen molar-refractivity contribution in [3.05, 3.63) is 59.2 Å². The van der Waals surface area contributed by atoms with Crippen LogP contribution in [0.4, 0.5) is 0 Å². The summed E-state index contributed by atoms with van der Waals surface area (Å²) in [5.41, 5.74) is 2.41. The molecule has 0 heterocycles. The Morgan fingerprint density at radius 1 is 1.05 bits per heavy atom. The summed E-state index contributed by atoms with van der Waals surface area (Å²) < 4.78 is 10.5. The standard InChI is InChI=1S/C18H20O3/c1-4-6-13-7-5-8-14(11-13)18(19)16-10-9-15(20-2)12-17(16)21-3/h5,7-12H,4,6H2,1-3H3. The molecule has 0 fully saturated rings. The van der Waals surface area contributed by atoms with Gasteiger partial charge in [-0.15, -0.1) is 0 Å². The number of aryl methyl sites for hydroxylation is 1. The van der Waals surface area contributed by atoms with Crippen molar-refractivity contribution in [1.29, 1.82) is 0 Å². The minimum Gasteiger partial charge on any atom is -0.497 e. The summed E-state index contributed by atoms with van der Waals surface area (Å²) in [6.07, 6.45) is 2.03. The van der Waals surface area contributed by atoms with Crippen molar-refractivity contribution in [3.63, 3.8) is 0 Å². The van der Waals surface area contributed by atoms with E-state index in [9.17, 15) is 4.79 Å². The van der Waals surface area contributed by atoms with Crippen LogP contribution in [0.3, 0.4) is 0 Å². The number of methoxy groups -OCH3 is 2. The lowest BCUT2D eigenvalue weighted by Gasteiger charge is -2.10. The van der Waals surface area contributed by atoms with Crippen molar-refractivity contribution in [2.45, 2.75) is 19.8 Å². The molecular formula is C18H20O3. The monoisotopic (exact) mass is 284 g/mol. The Balaban J connectivity index is 2.37. The van der Waals surface area contributed by atoms with Crippen LogP contribution in [-0.2, 0) is 6.42 Å². The molecule has 0 aromatic heterocycles. The first kappa shape index (κ1) is 15.1. The van der Waals surface area contributed by atoms with E-state index in [2.05, 4.69) is 6.92 Å². The molecule has 0 saturated heterocycles. The van der Waals surface area contributed by atoms with Crippen LogP contribution in [0.15, 0.2) is 42.5 Å². The fourth-order valence-corrected chi connectivity index (χ4v) is 2.30. The fraction of sp³-hybridized carbons (Fsp3) is 0.278. The lowest BCUT2D eigenvalue weighted by Crippen LogP contribution is -2.05. The molecule has 0 bridgehead atoms. The normalized spacial score (nSPS) is 10.2. The summed E-state index contributed by atoms with van der Waals surface area (Å²) in [4.78, 5) is 12.7. The molecule has 0 aliphatic rings. The Hall–Kier alpha value is -2.29. The van der Waals surface area contributed by atoms with E-state index in [4.69, 9.17) is 9.47 Å². The molecular weight excluding hydrogens is 264 g/mol. The average molecular weight is 284 g/mol. The van der Waals surface area contributed by atoms with Crippen LogP contribution in [0.1, 0.15) is 34.8 Å². The maximum Gasteiger partial charge on any atom is 0.196 e. The summed E-state index contributed by atoms with van der Waals surface area (Å²) in [6.45, 7) is 2.13. The highest BCUT2D eigenvalue weighted by Crippen LogP contribution is 2.27. The zero-order chi connectivity index (χ0) is 15.2. The Kier molecular flexibility index (Phi) is 4.99. The Morgan fingerprint density at radius 3 is 2.52 bits per heavy atom. The highest BCUT2D eigenvalue weighted by molar-refractivity contribution is 6.10. The van der Waals surface area contributed by atoms with E-state index >= 15 is 0 Å². The molecule has 2 rings (SSSR count). The van der Waals surface area contributed by atoms with E-state index in [1.165, 1.54) is 5.56 Å². The van der Waals surface area contributed by atoms with Gasteiger partial charge in [-0.25, -0.2) is 0 Å². The fourth-order valence-electron chi connectivity index (χ4n) is 2.30. The second kappa shape index (κ2) is 6.93. The van der Waals surface area contributed by atoms with Crippen LogP contribution >= 0.6 is 0 Å². The molecule has 2 aromatic carbocycles. The molecule has 0 N–H and O–H groups in total. The summed E-state index contributed by atoms with van der Waals surface area (Å²) in [6, 6.07) is 13.0. The van der Waals surface area contributed by atoms with Gasteiger partial charge < -0.3 is 9.47 Å². The number of benzene rings is 2. The third kappa shape index (κ3) is 3.43. The Bertz CT molecular complexity index is 632. The van der Waals surface area contributed by atoms with Gasteiger partial charge in [-0.05, 0) is 30.2 Å². The summed E-state index contributed by atoms with van der Waals surface area (Å²) in [5.74, 6) is 1.16. The van der Waals surface area contributed by atoms with Gasteiger partial charge in [0, 0.05) is 11.6 Å². The molecule has 21 heavy (non-hydrogen) atoms. The van der Waals surface area contributed by atoms with Gasteiger partial charge in [-0.1, -0.05) is 31.5 Å². The van der Waals surface area contributed by atoms with Gasteiger partial charge in [-0.2, -0.15) is 0 Å². The number of carbonyl (C=O) groups excluding carboxylic acids is 1. The van der Waals surface area contributed by atoms with Crippen molar-refractivity contribution in [2.24, 2.45) is 0 Å². The van der Waals surface area contributed by atoms with Crippen molar-refractivity contribution in [1.82, 2.24) is 0 Å². The lowest BCUT2D eigenvalue weighted by molar-refractivity contribution is 0.103. The van der Waals surface area contributed by atoms with Crippen LogP contribution < -0.4 is 9.47 Å². The van der Waals surface area contributed by atoms with Crippen LogP contribution in [0.25, 0.3) is 0 Å². The van der Waals surface area contributed by atoms with Crippen LogP contribution in [0, 0.1) is 0 Å². The van der Waals surface area contributed by atoms with E-state index in [0.717, 1.165) is 12.8 Å². The number of hydrogen-bond donors (Lipinski definition) is 0. The number of carbonyl (C=O) groups is 1. The molecule has 110 valence electrons. The van der Waals surface area contributed by atoms with Gasteiger partial charge in [0.05, 0.1) is 19.8 Å². The van der Waals surface area contributed by atoms with Gasteiger partial charge in [0.2, 0.25) is 0 Å². The zero-order valence-electron chi connectivity index (χ0n) is 12.7. The second-order valence-corrected chi connectivity index (χ2v) is 4.85. The first-order valence-electron chi connectivity index (χ1n) is 7.05. The lowest BCUT2D eigenvalue weighted by atomic mass is 9.99. The van der Waals surface area contributed by atoms with Gasteiger partial charge in [0.1, 0.15) is 11.5 Å². The van der Waals surface area contributed by atoms with Crippen LogP contribution in [-0.4, -0.2) is 20.0 Å².